The normalized spacial score (nSPS) is 16.1. The Bertz CT molecular complexity index is 298. The van der Waals surface area contributed by atoms with E-state index >= 15 is 0 Å². The van der Waals surface area contributed by atoms with Gasteiger partial charge in [-0.3, -0.25) is 0 Å². The van der Waals surface area contributed by atoms with Gasteiger partial charge < -0.3 is 10.2 Å². The summed E-state index contributed by atoms with van der Waals surface area (Å²) < 4.78 is 0. The van der Waals surface area contributed by atoms with Crippen molar-refractivity contribution < 1.29 is 10.2 Å². The minimum absolute atomic E-state index is 0.334. The second-order valence-electron chi connectivity index (χ2n) is 9.41. The molecule has 0 aliphatic rings. The molecule has 0 amide bonds. The van der Waals surface area contributed by atoms with Gasteiger partial charge in [-0.25, -0.2) is 0 Å². The molecule has 0 heterocycles. The maximum atomic E-state index is 11.7. The molecule has 2 unspecified atom stereocenters. The summed E-state index contributed by atoms with van der Waals surface area (Å²) in [5, 5.41) is 20.5. The Morgan fingerprint density at radius 1 is 0.607 bits per heavy atom. The summed E-state index contributed by atoms with van der Waals surface area (Å²) in [7, 11) is 0. The fraction of sp³-hybridized carbons (Fsp3) is 1.00. The highest BCUT2D eigenvalue weighted by atomic mass is 16.3. The van der Waals surface area contributed by atoms with Crippen LogP contribution >= 0.6 is 0 Å². The van der Waals surface area contributed by atoms with Gasteiger partial charge in [-0.1, -0.05) is 118 Å². The van der Waals surface area contributed by atoms with E-state index in [0.717, 1.165) is 32.1 Å². The Morgan fingerprint density at radius 2 is 1.04 bits per heavy atom. The van der Waals surface area contributed by atoms with Gasteiger partial charge in [-0.15, -0.1) is 0 Å². The zero-order valence-electron chi connectivity index (χ0n) is 20.0. The van der Waals surface area contributed by atoms with E-state index in [-0.39, 0.29) is 0 Å². The van der Waals surface area contributed by atoms with Crippen LogP contribution in [0.5, 0.6) is 0 Å². The first-order valence-corrected chi connectivity index (χ1v) is 12.9. The van der Waals surface area contributed by atoms with Crippen LogP contribution < -0.4 is 0 Å². The van der Waals surface area contributed by atoms with Crippen molar-refractivity contribution in [2.75, 3.05) is 6.61 Å². The lowest BCUT2D eigenvalue weighted by atomic mass is 9.76. The minimum atomic E-state index is -0.445. The molecule has 0 aliphatic carbocycles. The summed E-state index contributed by atoms with van der Waals surface area (Å²) in [5.41, 5.74) is -0.445. The van der Waals surface area contributed by atoms with Crippen molar-refractivity contribution in [1.82, 2.24) is 0 Å². The predicted octanol–water partition coefficient (Wildman–Crippen LogP) is 8.04. The van der Waals surface area contributed by atoms with E-state index in [2.05, 4.69) is 27.7 Å². The van der Waals surface area contributed by atoms with Crippen LogP contribution in [0.1, 0.15) is 143 Å². The SMILES string of the molecule is CCCCC(CC)CC(O)(CCCCCCCCCO)CC(CC)CCCC. The molecule has 0 saturated carbocycles. The lowest BCUT2D eigenvalue weighted by Gasteiger charge is -2.35. The summed E-state index contributed by atoms with van der Waals surface area (Å²) in [6.07, 6.45) is 21.5. The van der Waals surface area contributed by atoms with Gasteiger partial charge >= 0.3 is 0 Å². The van der Waals surface area contributed by atoms with Crippen molar-refractivity contribution in [2.24, 2.45) is 11.8 Å². The zero-order valence-corrected chi connectivity index (χ0v) is 20.0. The number of unbranched alkanes of at least 4 members (excludes halogenated alkanes) is 8. The molecule has 0 spiro atoms. The van der Waals surface area contributed by atoms with Crippen LogP contribution in [0.4, 0.5) is 0 Å². The molecule has 0 aromatic rings. The molecule has 2 nitrogen and oxygen atoms in total. The van der Waals surface area contributed by atoms with Crippen molar-refractivity contribution in [1.29, 1.82) is 0 Å². The molecule has 0 aromatic carbocycles. The smallest absolute Gasteiger partial charge is 0.0653 e. The summed E-state index contributed by atoms with van der Waals surface area (Å²) in [4.78, 5) is 0. The third kappa shape index (κ3) is 14.9. The highest BCUT2D eigenvalue weighted by molar-refractivity contribution is 4.84. The third-order valence-corrected chi connectivity index (χ3v) is 6.72. The van der Waals surface area contributed by atoms with E-state index in [4.69, 9.17) is 5.11 Å². The molecule has 2 atom stereocenters. The first-order valence-electron chi connectivity index (χ1n) is 12.9. The Kier molecular flexibility index (Phi) is 18.9. The third-order valence-electron chi connectivity index (χ3n) is 6.72. The van der Waals surface area contributed by atoms with Crippen LogP contribution in [0.15, 0.2) is 0 Å². The van der Waals surface area contributed by atoms with Crippen LogP contribution in [-0.2, 0) is 0 Å². The van der Waals surface area contributed by atoms with Crippen LogP contribution in [0.2, 0.25) is 0 Å². The van der Waals surface area contributed by atoms with Gasteiger partial charge in [0.1, 0.15) is 0 Å². The van der Waals surface area contributed by atoms with Crippen molar-refractivity contribution in [3.63, 3.8) is 0 Å². The van der Waals surface area contributed by atoms with E-state index < -0.39 is 5.60 Å². The fourth-order valence-electron chi connectivity index (χ4n) is 4.70. The van der Waals surface area contributed by atoms with Gasteiger partial charge in [0.25, 0.3) is 0 Å². The van der Waals surface area contributed by atoms with Gasteiger partial charge in [-0.2, -0.15) is 0 Å². The fourth-order valence-corrected chi connectivity index (χ4v) is 4.70. The largest absolute Gasteiger partial charge is 0.396 e. The predicted molar refractivity (Wildman–Crippen MR) is 125 cm³/mol. The maximum absolute atomic E-state index is 11.7. The van der Waals surface area contributed by atoms with E-state index in [9.17, 15) is 5.11 Å². The Balaban J connectivity index is 4.59. The number of rotatable bonds is 21. The van der Waals surface area contributed by atoms with Crippen LogP contribution in [0, 0.1) is 11.8 Å². The molecule has 2 N–H and O–H groups in total. The Morgan fingerprint density at radius 3 is 1.43 bits per heavy atom. The summed E-state index contributed by atoms with van der Waals surface area (Å²) in [5.74, 6) is 1.37. The average molecular weight is 399 g/mol. The van der Waals surface area contributed by atoms with Crippen molar-refractivity contribution >= 4 is 0 Å². The lowest BCUT2D eigenvalue weighted by molar-refractivity contribution is -0.0203. The molecule has 0 aliphatic heterocycles. The summed E-state index contributed by atoms with van der Waals surface area (Å²) >= 11 is 0. The average Bonchev–Trinajstić information content (AvgIpc) is 2.70. The first-order chi connectivity index (χ1) is 13.5. The number of aliphatic hydroxyl groups is 2. The lowest BCUT2D eigenvalue weighted by Crippen LogP contribution is -2.34. The van der Waals surface area contributed by atoms with E-state index in [1.165, 1.54) is 83.5 Å². The maximum Gasteiger partial charge on any atom is 0.0653 e. The molecule has 0 radical (unpaired) electrons. The summed E-state index contributed by atoms with van der Waals surface area (Å²) in [6.45, 7) is 9.50. The van der Waals surface area contributed by atoms with Crippen LogP contribution in [0.3, 0.4) is 0 Å². The molecule has 0 aromatic heterocycles. The molecular weight excluding hydrogens is 344 g/mol. The van der Waals surface area contributed by atoms with Gasteiger partial charge in [0.15, 0.2) is 0 Å². The zero-order chi connectivity index (χ0) is 21.1. The van der Waals surface area contributed by atoms with Gasteiger partial charge in [0.2, 0.25) is 0 Å². The minimum Gasteiger partial charge on any atom is -0.396 e. The van der Waals surface area contributed by atoms with Crippen molar-refractivity contribution in [3.8, 4) is 0 Å². The number of aliphatic hydroxyl groups excluding tert-OH is 1. The first kappa shape index (κ1) is 27.9. The molecule has 0 rings (SSSR count). The standard InChI is InChI=1S/C26H54O2/c1-5-9-18-24(7-3)22-26(28,23-25(8-4)19-10-6-2)20-16-14-12-11-13-15-17-21-27/h24-25,27-28H,5-23H2,1-4H3. The van der Waals surface area contributed by atoms with Crippen LogP contribution in [-0.4, -0.2) is 22.4 Å². The second-order valence-corrected chi connectivity index (χ2v) is 9.41. The topological polar surface area (TPSA) is 40.5 Å². The molecular formula is C26H54O2. The number of hydrogen-bond acceptors (Lipinski definition) is 2. The highest BCUT2D eigenvalue weighted by Crippen LogP contribution is 2.35. The van der Waals surface area contributed by atoms with Gasteiger partial charge in [-0.05, 0) is 37.5 Å². The quantitative estimate of drug-likeness (QED) is 0.192. The monoisotopic (exact) mass is 398 g/mol. The molecule has 170 valence electrons. The Hall–Kier alpha value is -0.0800. The molecule has 2 heteroatoms. The van der Waals surface area contributed by atoms with Crippen LogP contribution in [0.25, 0.3) is 0 Å². The van der Waals surface area contributed by atoms with Gasteiger partial charge in [0.05, 0.1) is 5.60 Å². The van der Waals surface area contributed by atoms with E-state index in [1.54, 1.807) is 0 Å². The molecule has 0 fully saturated rings. The molecule has 0 bridgehead atoms. The summed E-state index contributed by atoms with van der Waals surface area (Å²) in [6, 6.07) is 0. The van der Waals surface area contributed by atoms with Crippen molar-refractivity contribution in [2.45, 2.75) is 149 Å². The highest BCUT2D eigenvalue weighted by Gasteiger charge is 2.31. The second kappa shape index (κ2) is 18.9. The van der Waals surface area contributed by atoms with Gasteiger partial charge in [0, 0.05) is 6.61 Å². The van der Waals surface area contributed by atoms with Crippen molar-refractivity contribution in [3.05, 3.63) is 0 Å². The Labute approximate surface area is 177 Å². The molecule has 28 heavy (non-hydrogen) atoms. The van der Waals surface area contributed by atoms with E-state index in [1.807, 2.05) is 0 Å². The number of hydrogen-bond donors (Lipinski definition) is 2. The molecule has 0 saturated heterocycles. The van der Waals surface area contributed by atoms with E-state index in [0.29, 0.717) is 18.4 Å².